The molecule has 0 saturated heterocycles. The summed E-state index contributed by atoms with van der Waals surface area (Å²) >= 11 is 3.56. The Hall–Kier alpha value is -0.350. The standard InChI is InChI=1S/C12H22BrN3/c1-8(7-14-12(4,5)6)16-10(3)11(13)9(2)15-16/h8,14H,7H2,1-6H3. The summed E-state index contributed by atoms with van der Waals surface area (Å²) in [6, 6.07) is 0.365. The minimum Gasteiger partial charge on any atom is -0.310 e. The van der Waals surface area contributed by atoms with Crippen LogP contribution in [0, 0.1) is 13.8 Å². The van der Waals surface area contributed by atoms with E-state index in [2.05, 4.69) is 65.6 Å². The van der Waals surface area contributed by atoms with Crippen molar-refractivity contribution in [2.24, 2.45) is 0 Å². The monoisotopic (exact) mass is 287 g/mol. The van der Waals surface area contributed by atoms with E-state index in [1.54, 1.807) is 0 Å². The van der Waals surface area contributed by atoms with Crippen LogP contribution in [-0.2, 0) is 0 Å². The van der Waals surface area contributed by atoms with E-state index in [4.69, 9.17) is 0 Å². The molecule has 1 aromatic heterocycles. The van der Waals surface area contributed by atoms with Crippen molar-refractivity contribution in [1.29, 1.82) is 0 Å². The highest BCUT2D eigenvalue weighted by Crippen LogP contribution is 2.22. The first-order chi connectivity index (χ1) is 7.22. The SMILES string of the molecule is Cc1nn(C(C)CNC(C)(C)C)c(C)c1Br. The quantitative estimate of drug-likeness (QED) is 0.925. The molecule has 1 N–H and O–H groups in total. The van der Waals surface area contributed by atoms with Gasteiger partial charge in [-0.3, -0.25) is 4.68 Å². The van der Waals surface area contributed by atoms with Crippen molar-refractivity contribution < 1.29 is 0 Å². The minimum atomic E-state index is 0.154. The molecule has 1 rings (SSSR count). The second kappa shape index (κ2) is 4.88. The van der Waals surface area contributed by atoms with Gasteiger partial charge < -0.3 is 5.32 Å². The maximum atomic E-state index is 4.54. The molecule has 16 heavy (non-hydrogen) atoms. The van der Waals surface area contributed by atoms with Gasteiger partial charge >= 0.3 is 0 Å². The first-order valence-corrected chi connectivity index (χ1v) is 6.48. The van der Waals surface area contributed by atoms with Crippen LogP contribution in [0.4, 0.5) is 0 Å². The molecule has 0 amide bonds. The number of nitrogens with one attached hydrogen (secondary N) is 1. The molecule has 0 saturated carbocycles. The van der Waals surface area contributed by atoms with Crippen LogP contribution in [0.15, 0.2) is 4.47 Å². The van der Waals surface area contributed by atoms with E-state index in [9.17, 15) is 0 Å². The van der Waals surface area contributed by atoms with Crippen LogP contribution in [-0.4, -0.2) is 21.9 Å². The molecule has 0 fully saturated rings. The van der Waals surface area contributed by atoms with E-state index >= 15 is 0 Å². The Morgan fingerprint density at radius 2 is 1.94 bits per heavy atom. The smallest absolute Gasteiger partial charge is 0.0738 e. The van der Waals surface area contributed by atoms with Gasteiger partial charge in [-0.1, -0.05) is 0 Å². The Balaban J connectivity index is 2.73. The lowest BCUT2D eigenvalue weighted by Gasteiger charge is -2.24. The van der Waals surface area contributed by atoms with Gasteiger partial charge in [0.1, 0.15) is 0 Å². The molecule has 0 aliphatic carbocycles. The van der Waals surface area contributed by atoms with Gasteiger partial charge in [0, 0.05) is 12.1 Å². The van der Waals surface area contributed by atoms with Crippen molar-refractivity contribution in [3.05, 3.63) is 15.9 Å². The first-order valence-electron chi connectivity index (χ1n) is 5.68. The molecule has 0 bridgehead atoms. The lowest BCUT2D eigenvalue weighted by Crippen LogP contribution is -2.39. The summed E-state index contributed by atoms with van der Waals surface area (Å²) in [5.41, 5.74) is 2.41. The Bertz CT molecular complexity index is 363. The summed E-state index contributed by atoms with van der Waals surface area (Å²) < 4.78 is 3.20. The molecular weight excluding hydrogens is 266 g/mol. The summed E-state index contributed by atoms with van der Waals surface area (Å²) in [4.78, 5) is 0. The van der Waals surface area contributed by atoms with Crippen LogP contribution in [0.3, 0.4) is 0 Å². The van der Waals surface area contributed by atoms with Gasteiger partial charge in [-0.25, -0.2) is 0 Å². The summed E-state index contributed by atoms with van der Waals surface area (Å²) in [6.07, 6.45) is 0. The van der Waals surface area contributed by atoms with Gasteiger partial charge in [0.2, 0.25) is 0 Å². The molecule has 1 atom stereocenters. The molecule has 0 aliphatic heterocycles. The minimum absolute atomic E-state index is 0.154. The van der Waals surface area contributed by atoms with Crippen molar-refractivity contribution in [1.82, 2.24) is 15.1 Å². The maximum absolute atomic E-state index is 4.54. The third kappa shape index (κ3) is 3.32. The van der Waals surface area contributed by atoms with Crippen LogP contribution >= 0.6 is 15.9 Å². The number of rotatable bonds is 3. The van der Waals surface area contributed by atoms with Gasteiger partial charge in [-0.2, -0.15) is 5.10 Å². The van der Waals surface area contributed by atoms with Gasteiger partial charge in [-0.15, -0.1) is 0 Å². The van der Waals surface area contributed by atoms with Crippen molar-refractivity contribution in [2.45, 2.75) is 53.1 Å². The highest BCUT2D eigenvalue weighted by Gasteiger charge is 2.16. The zero-order valence-corrected chi connectivity index (χ0v) is 12.6. The number of aryl methyl sites for hydroxylation is 1. The molecular formula is C12H22BrN3. The maximum Gasteiger partial charge on any atom is 0.0738 e. The van der Waals surface area contributed by atoms with Crippen molar-refractivity contribution in [3.63, 3.8) is 0 Å². The van der Waals surface area contributed by atoms with Crippen molar-refractivity contribution in [3.8, 4) is 0 Å². The molecule has 4 heteroatoms. The van der Waals surface area contributed by atoms with Crippen molar-refractivity contribution >= 4 is 15.9 Å². The summed E-state index contributed by atoms with van der Waals surface area (Å²) in [5.74, 6) is 0. The zero-order chi connectivity index (χ0) is 12.5. The fourth-order valence-corrected chi connectivity index (χ4v) is 1.87. The van der Waals surface area contributed by atoms with Crippen LogP contribution in [0.25, 0.3) is 0 Å². The van der Waals surface area contributed by atoms with E-state index < -0.39 is 0 Å². The van der Waals surface area contributed by atoms with Gasteiger partial charge in [0.25, 0.3) is 0 Å². The number of aromatic nitrogens is 2. The predicted octanol–water partition coefficient (Wildman–Crippen LogP) is 3.21. The summed E-state index contributed by atoms with van der Waals surface area (Å²) in [5, 5.41) is 8.04. The lowest BCUT2D eigenvalue weighted by atomic mass is 10.1. The second-order valence-corrected chi connectivity index (χ2v) is 6.20. The normalized spacial score (nSPS) is 14.2. The van der Waals surface area contributed by atoms with Gasteiger partial charge in [0.05, 0.1) is 21.9 Å². The fourth-order valence-electron chi connectivity index (χ4n) is 1.61. The van der Waals surface area contributed by atoms with E-state index in [1.165, 1.54) is 5.69 Å². The molecule has 1 unspecified atom stereocenters. The van der Waals surface area contributed by atoms with E-state index in [-0.39, 0.29) is 5.54 Å². The summed E-state index contributed by atoms with van der Waals surface area (Å²) in [6.45, 7) is 13.8. The molecule has 0 radical (unpaired) electrons. The molecule has 92 valence electrons. The highest BCUT2D eigenvalue weighted by atomic mass is 79.9. The second-order valence-electron chi connectivity index (χ2n) is 5.41. The number of nitrogens with zero attached hydrogens (tertiary/aromatic N) is 2. The van der Waals surface area contributed by atoms with Crippen LogP contribution in [0.1, 0.15) is 45.1 Å². The van der Waals surface area contributed by atoms with Crippen LogP contribution < -0.4 is 5.32 Å². The number of hydrogen-bond donors (Lipinski definition) is 1. The Morgan fingerprint density at radius 3 is 2.31 bits per heavy atom. The van der Waals surface area contributed by atoms with Gasteiger partial charge in [-0.05, 0) is 57.5 Å². The third-order valence-corrected chi connectivity index (χ3v) is 3.73. The topological polar surface area (TPSA) is 29.9 Å². The molecule has 0 aliphatic rings. The van der Waals surface area contributed by atoms with Crippen molar-refractivity contribution in [2.75, 3.05) is 6.54 Å². The van der Waals surface area contributed by atoms with Crippen LogP contribution in [0.5, 0.6) is 0 Å². The van der Waals surface area contributed by atoms with Crippen LogP contribution in [0.2, 0.25) is 0 Å². The molecule has 0 spiro atoms. The zero-order valence-electron chi connectivity index (χ0n) is 11.1. The first kappa shape index (κ1) is 13.7. The average Bonchev–Trinajstić information content (AvgIpc) is 2.41. The average molecular weight is 288 g/mol. The molecule has 1 heterocycles. The van der Waals surface area contributed by atoms with E-state index in [0.717, 1.165) is 16.7 Å². The Kier molecular flexibility index (Phi) is 4.18. The molecule has 1 aromatic rings. The third-order valence-electron chi connectivity index (χ3n) is 2.58. The fraction of sp³-hybridized carbons (Fsp3) is 0.750. The largest absolute Gasteiger partial charge is 0.310 e. The molecule has 0 aromatic carbocycles. The summed E-state index contributed by atoms with van der Waals surface area (Å²) in [7, 11) is 0. The van der Waals surface area contributed by atoms with E-state index in [1.807, 2.05) is 6.92 Å². The Morgan fingerprint density at radius 1 is 1.38 bits per heavy atom. The number of hydrogen-bond acceptors (Lipinski definition) is 2. The highest BCUT2D eigenvalue weighted by molar-refractivity contribution is 9.10. The Labute approximate surface area is 107 Å². The number of halogens is 1. The lowest BCUT2D eigenvalue weighted by molar-refractivity contribution is 0.362. The predicted molar refractivity (Wildman–Crippen MR) is 71.9 cm³/mol. The molecule has 3 nitrogen and oxygen atoms in total. The van der Waals surface area contributed by atoms with E-state index in [0.29, 0.717) is 6.04 Å². The van der Waals surface area contributed by atoms with Gasteiger partial charge in [0.15, 0.2) is 0 Å².